The molecule has 0 aliphatic carbocycles. The lowest BCUT2D eigenvalue weighted by Gasteiger charge is -2.16. The van der Waals surface area contributed by atoms with E-state index in [4.69, 9.17) is 4.74 Å². The van der Waals surface area contributed by atoms with Crippen LogP contribution in [-0.2, 0) is 0 Å². The van der Waals surface area contributed by atoms with Crippen molar-refractivity contribution in [2.75, 3.05) is 10.6 Å². The van der Waals surface area contributed by atoms with E-state index in [0.717, 1.165) is 23.3 Å². The Bertz CT molecular complexity index is 1080. The fourth-order valence-corrected chi connectivity index (χ4v) is 2.90. The predicted molar refractivity (Wildman–Crippen MR) is 115 cm³/mol. The normalized spacial score (nSPS) is 11.2. The maximum atomic E-state index is 12.4. The van der Waals surface area contributed by atoms with Gasteiger partial charge >= 0.3 is 12.4 Å². The number of rotatable bonds is 6. The van der Waals surface area contributed by atoms with Crippen molar-refractivity contribution in [3.63, 3.8) is 0 Å². The van der Waals surface area contributed by atoms with E-state index in [9.17, 15) is 18.0 Å². The van der Waals surface area contributed by atoms with E-state index in [-0.39, 0.29) is 23.2 Å². The van der Waals surface area contributed by atoms with Crippen LogP contribution in [0.5, 0.6) is 17.4 Å². The van der Waals surface area contributed by atoms with Crippen molar-refractivity contribution in [2.45, 2.75) is 33.1 Å². The van der Waals surface area contributed by atoms with Gasteiger partial charge in [-0.15, -0.1) is 13.2 Å². The highest BCUT2D eigenvalue weighted by Gasteiger charge is 2.31. The van der Waals surface area contributed by atoms with Crippen LogP contribution in [0.2, 0.25) is 0 Å². The van der Waals surface area contributed by atoms with Crippen LogP contribution in [0.15, 0.2) is 60.8 Å². The summed E-state index contributed by atoms with van der Waals surface area (Å²) in [6.07, 6.45) is -3.24. The zero-order valence-corrected chi connectivity index (χ0v) is 17.7. The Morgan fingerprint density at radius 3 is 2.41 bits per heavy atom. The van der Waals surface area contributed by atoms with Crippen molar-refractivity contribution in [1.82, 2.24) is 4.98 Å². The minimum absolute atomic E-state index is 0.212. The molecule has 0 atom stereocenters. The Kier molecular flexibility index (Phi) is 6.87. The quantitative estimate of drug-likeness (QED) is 0.435. The van der Waals surface area contributed by atoms with Gasteiger partial charge in [-0.25, -0.2) is 9.78 Å². The number of carbonyl (C=O) groups is 1. The van der Waals surface area contributed by atoms with Gasteiger partial charge in [0, 0.05) is 11.9 Å². The fourth-order valence-electron chi connectivity index (χ4n) is 2.90. The minimum atomic E-state index is -4.78. The molecule has 9 heteroatoms. The monoisotopic (exact) mass is 445 g/mol. The fraction of sp³-hybridized carbons (Fsp3) is 0.217. The van der Waals surface area contributed by atoms with Crippen LogP contribution in [0.25, 0.3) is 0 Å². The molecule has 0 unspecified atom stereocenters. The van der Waals surface area contributed by atoms with Crippen molar-refractivity contribution >= 4 is 17.4 Å². The highest BCUT2D eigenvalue weighted by Crippen LogP contribution is 2.33. The lowest BCUT2D eigenvalue weighted by Crippen LogP contribution is -2.20. The lowest BCUT2D eigenvalue weighted by molar-refractivity contribution is -0.274. The number of urea groups is 1. The number of nitrogens with zero attached hydrogens (tertiary/aromatic N) is 1. The molecular weight excluding hydrogens is 423 g/mol. The molecule has 0 bridgehead atoms. The van der Waals surface area contributed by atoms with E-state index in [2.05, 4.69) is 20.4 Å². The number of nitrogens with one attached hydrogen (secondary N) is 2. The Balaban J connectivity index is 1.72. The molecule has 0 radical (unpaired) electrons. The van der Waals surface area contributed by atoms with Gasteiger partial charge in [0.2, 0.25) is 5.88 Å². The van der Waals surface area contributed by atoms with Crippen LogP contribution >= 0.6 is 0 Å². The van der Waals surface area contributed by atoms with Gasteiger partial charge in [0.1, 0.15) is 17.2 Å². The maximum absolute atomic E-state index is 12.4. The van der Waals surface area contributed by atoms with E-state index >= 15 is 0 Å². The number of anilines is 2. The van der Waals surface area contributed by atoms with Gasteiger partial charge in [-0.1, -0.05) is 26.0 Å². The first-order valence-electron chi connectivity index (χ1n) is 9.78. The number of aryl methyl sites for hydroxylation is 1. The van der Waals surface area contributed by atoms with Gasteiger partial charge in [-0.3, -0.25) is 0 Å². The number of pyridine rings is 1. The second kappa shape index (κ2) is 9.59. The van der Waals surface area contributed by atoms with E-state index in [1.807, 2.05) is 39.0 Å². The predicted octanol–water partition coefficient (Wildman–Crippen LogP) is 6.85. The number of hydrogen-bond donors (Lipinski definition) is 2. The summed E-state index contributed by atoms with van der Waals surface area (Å²) in [7, 11) is 0. The molecule has 0 aliphatic heterocycles. The number of halogens is 3. The average molecular weight is 445 g/mol. The van der Waals surface area contributed by atoms with Crippen LogP contribution in [0, 0.1) is 6.92 Å². The zero-order chi connectivity index (χ0) is 23.3. The molecule has 0 saturated heterocycles. The summed E-state index contributed by atoms with van der Waals surface area (Å²) >= 11 is 0. The van der Waals surface area contributed by atoms with Crippen molar-refractivity contribution in [1.29, 1.82) is 0 Å². The number of benzene rings is 2. The van der Waals surface area contributed by atoms with Crippen molar-refractivity contribution in [3.8, 4) is 17.4 Å². The molecule has 1 heterocycles. The number of carbonyl (C=O) groups excluding carboxylic acids is 1. The molecule has 0 saturated carbocycles. The third kappa shape index (κ3) is 6.37. The SMILES string of the molecule is Cc1ccc(C(C)C)c(Oc2ncccc2NC(=O)Nc2ccc(OC(F)(F)F)cc2)c1. The van der Waals surface area contributed by atoms with Gasteiger partial charge in [0.15, 0.2) is 0 Å². The number of amides is 2. The van der Waals surface area contributed by atoms with E-state index in [1.54, 1.807) is 18.3 Å². The maximum Gasteiger partial charge on any atom is 0.573 e. The van der Waals surface area contributed by atoms with Crippen molar-refractivity contribution < 1.29 is 27.4 Å². The highest BCUT2D eigenvalue weighted by atomic mass is 19.4. The van der Waals surface area contributed by atoms with Gasteiger partial charge in [0.05, 0.1) is 0 Å². The first-order chi connectivity index (χ1) is 15.1. The topological polar surface area (TPSA) is 72.5 Å². The smallest absolute Gasteiger partial charge is 0.437 e. The molecule has 3 aromatic rings. The molecule has 2 amide bonds. The summed E-state index contributed by atoms with van der Waals surface area (Å²) in [4.78, 5) is 16.6. The number of hydrogen-bond acceptors (Lipinski definition) is 4. The number of aromatic nitrogens is 1. The first kappa shape index (κ1) is 22.9. The molecule has 2 aromatic carbocycles. The molecule has 3 rings (SSSR count). The standard InChI is InChI=1S/C23H22F3N3O3/c1-14(2)18-11-6-15(3)13-20(18)31-21-19(5-4-12-27-21)29-22(30)28-16-7-9-17(10-8-16)32-23(24,25)26/h4-14H,1-3H3,(H2,28,29,30). The van der Waals surface area contributed by atoms with Gasteiger partial charge in [0.25, 0.3) is 0 Å². The number of ether oxygens (including phenoxy) is 2. The van der Waals surface area contributed by atoms with Crippen LogP contribution in [0.3, 0.4) is 0 Å². The largest absolute Gasteiger partial charge is 0.573 e. The third-order valence-electron chi connectivity index (χ3n) is 4.36. The molecule has 32 heavy (non-hydrogen) atoms. The Morgan fingerprint density at radius 2 is 1.75 bits per heavy atom. The minimum Gasteiger partial charge on any atom is -0.437 e. The van der Waals surface area contributed by atoms with Crippen LogP contribution in [0.1, 0.15) is 30.9 Å². The van der Waals surface area contributed by atoms with Gasteiger partial charge in [-0.2, -0.15) is 0 Å². The third-order valence-corrected chi connectivity index (χ3v) is 4.36. The van der Waals surface area contributed by atoms with Crippen molar-refractivity contribution in [3.05, 3.63) is 71.9 Å². The van der Waals surface area contributed by atoms with E-state index in [0.29, 0.717) is 11.4 Å². The molecule has 0 fully saturated rings. The molecule has 6 nitrogen and oxygen atoms in total. The molecule has 2 N–H and O–H groups in total. The average Bonchev–Trinajstić information content (AvgIpc) is 2.70. The van der Waals surface area contributed by atoms with Crippen LogP contribution < -0.4 is 20.1 Å². The summed E-state index contributed by atoms with van der Waals surface area (Å²) in [6.45, 7) is 6.05. The first-order valence-corrected chi connectivity index (χ1v) is 9.78. The molecule has 168 valence electrons. The molecule has 0 aliphatic rings. The highest BCUT2D eigenvalue weighted by molar-refractivity contribution is 6.00. The summed E-state index contributed by atoms with van der Waals surface area (Å²) in [6, 6.07) is 13.4. The van der Waals surface area contributed by atoms with Crippen molar-refractivity contribution in [2.24, 2.45) is 0 Å². The Hall–Kier alpha value is -3.75. The summed E-state index contributed by atoms with van der Waals surface area (Å²) in [5, 5.41) is 5.19. The van der Waals surface area contributed by atoms with Gasteiger partial charge < -0.3 is 20.1 Å². The zero-order valence-electron chi connectivity index (χ0n) is 17.7. The number of alkyl halides is 3. The summed E-state index contributed by atoms with van der Waals surface area (Å²) < 4.78 is 46.6. The Labute approximate surface area is 183 Å². The van der Waals surface area contributed by atoms with E-state index < -0.39 is 12.4 Å². The lowest BCUT2D eigenvalue weighted by atomic mass is 10.0. The molecule has 0 spiro atoms. The second-order valence-corrected chi connectivity index (χ2v) is 7.31. The summed E-state index contributed by atoms with van der Waals surface area (Å²) in [5.41, 5.74) is 2.63. The van der Waals surface area contributed by atoms with Gasteiger partial charge in [-0.05, 0) is 66.4 Å². The summed E-state index contributed by atoms with van der Waals surface area (Å²) in [5.74, 6) is 0.690. The van der Waals surface area contributed by atoms with E-state index in [1.165, 1.54) is 12.1 Å². The molecular formula is C23H22F3N3O3. The van der Waals surface area contributed by atoms with Crippen LogP contribution in [-0.4, -0.2) is 17.4 Å². The second-order valence-electron chi connectivity index (χ2n) is 7.31. The Morgan fingerprint density at radius 1 is 1.03 bits per heavy atom. The molecule has 1 aromatic heterocycles. The van der Waals surface area contributed by atoms with Crippen LogP contribution in [0.4, 0.5) is 29.3 Å².